The fraction of sp³-hybridized carbons (Fsp3) is 0.441. The van der Waals surface area contributed by atoms with Crippen molar-refractivity contribution in [1.29, 1.82) is 0 Å². The van der Waals surface area contributed by atoms with E-state index in [1.54, 1.807) is 0 Å². The molecule has 1 saturated heterocycles. The lowest BCUT2D eigenvalue weighted by Gasteiger charge is -2.39. The molecule has 0 saturated carbocycles. The van der Waals surface area contributed by atoms with Gasteiger partial charge >= 0.3 is 0 Å². The molecular weight excluding hydrogens is 518 g/mol. The van der Waals surface area contributed by atoms with E-state index in [2.05, 4.69) is 53.8 Å². The molecule has 0 unspecified atom stereocenters. The number of nitrogens with zero attached hydrogens (tertiary/aromatic N) is 3. The molecule has 7 heteroatoms. The molecule has 1 N–H and O–H groups in total. The van der Waals surface area contributed by atoms with E-state index >= 15 is 0 Å². The lowest BCUT2D eigenvalue weighted by molar-refractivity contribution is 0.104. The monoisotopic (exact) mass is 562 g/mol. The predicted octanol–water partition coefficient (Wildman–Crippen LogP) is 6.11. The van der Waals surface area contributed by atoms with Gasteiger partial charge in [-0.3, -0.25) is 14.6 Å². The first-order chi connectivity index (χ1) is 19.8. The largest absolute Gasteiger partial charge is 0.381 e. The Hall–Kier alpha value is -3.13. The van der Waals surface area contributed by atoms with Crippen LogP contribution in [0, 0.1) is 11.6 Å². The molecule has 0 spiro atoms. The minimum Gasteiger partial charge on any atom is -0.381 e. The number of rotatable bonds is 12. The van der Waals surface area contributed by atoms with Crippen LogP contribution >= 0.6 is 0 Å². The highest BCUT2D eigenvalue weighted by atomic mass is 19.1. The number of halogens is 2. The summed E-state index contributed by atoms with van der Waals surface area (Å²) in [6.07, 6.45) is 0. The molecule has 5 nitrogen and oxygen atoms in total. The number of benzene rings is 2. The Morgan fingerprint density at radius 2 is 1.34 bits per heavy atom. The zero-order chi connectivity index (χ0) is 29.4. The summed E-state index contributed by atoms with van der Waals surface area (Å²) in [6.45, 7) is 15.9. The van der Waals surface area contributed by atoms with Gasteiger partial charge in [-0.25, -0.2) is 8.78 Å². The molecule has 0 amide bonds. The highest BCUT2D eigenvalue weighted by Crippen LogP contribution is 2.30. The van der Waals surface area contributed by atoms with E-state index in [0.717, 1.165) is 74.6 Å². The molecule has 0 aromatic heterocycles. The third-order valence-electron chi connectivity index (χ3n) is 8.17. The normalized spacial score (nSPS) is 14.8. The Kier molecular flexibility index (Phi) is 11.0. The van der Waals surface area contributed by atoms with Crippen LogP contribution in [0.25, 0.3) is 0 Å². The number of likely N-dealkylation sites (N-methyl/N-ethyl adjacent to an activating group) is 1. The number of anilines is 1. The van der Waals surface area contributed by atoms with Crippen LogP contribution in [0.5, 0.6) is 0 Å². The summed E-state index contributed by atoms with van der Waals surface area (Å²) in [5, 5.41) is 3.44. The fourth-order valence-electron chi connectivity index (χ4n) is 5.55. The Morgan fingerprint density at radius 3 is 1.85 bits per heavy atom. The van der Waals surface area contributed by atoms with Gasteiger partial charge < -0.3 is 10.2 Å². The molecule has 0 bridgehead atoms. The maximum absolute atomic E-state index is 13.7. The SMILES string of the molecule is CCN(CC)CCNc1cc(C(C)C)ccc(CN2CCN(C(c3ccc(F)cc3)c3ccc(F)cc3)CC2)c1=O. The fourth-order valence-corrected chi connectivity index (χ4v) is 5.55. The summed E-state index contributed by atoms with van der Waals surface area (Å²) in [6, 6.07) is 19.2. The molecule has 3 aromatic rings. The number of piperazine rings is 1. The molecule has 1 fully saturated rings. The van der Waals surface area contributed by atoms with Gasteiger partial charge in [0.25, 0.3) is 0 Å². The molecule has 4 rings (SSSR count). The van der Waals surface area contributed by atoms with Crippen molar-refractivity contribution in [2.75, 3.05) is 57.7 Å². The highest BCUT2D eigenvalue weighted by molar-refractivity contribution is 5.48. The average molecular weight is 563 g/mol. The molecular formula is C34H44F2N4O. The van der Waals surface area contributed by atoms with Gasteiger partial charge in [-0.1, -0.05) is 64.1 Å². The van der Waals surface area contributed by atoms with Gasteiger partial charge in [-0.2, -0.15) is 0 Å². The minimum absolute atomic E-state index is 0.0642. The third kappa shape index (κ3) is 8.22. The Labute approximate surface area is 243 Å². The van der Waals surface area contributed by atoms with Crippen LogP contribution in [0.2, 0.25) is 0 Å². The van der Waals surface area contributed by atoms with Crippen molar-refractivity contribution in [3.05, 3.63) is 111 Å². The van der Waals surface area contributed by atoms with Crippen LogP contribution in [-0.4, -0.2) is 67.1 Å². The summed E-state index contributed by atoms with van der Waals surface area (Å²) < 4.78 is 27.4. The smallest absolute Gasteiger partial charge is 0.206 e. The van der Waals surface area contributed by atoms with Crippen molar-refractivity contribution in [2.24, 2.45) is 0 Å². The van der Waals surface area contributed by atoms with E-state index in [1.165, 1.54) is 24.3 Å². The molecule has 1 heterocycles. The summed E-state index contributed by atoms with van der Waals surface area (Å²) in [5.74, 6) is -0.233. The topological polar surface area (TPSA) is 38.8 Å². The maximum atomic E-state index is 13.7. The molecule has 1 aliphatic rings. The van der Waals surface area contributed by atoms with Crippen molar-refractivity contribution in [2.45, 2.75) is 46.2 Å². The molecule has 3 aromatic carbocycles. The van der Waals surface area contributed by atoms with Gasteiger partial charge in [-0.15, -0.1) is 0 Å². The summed E-state index contributed by atoms with van der Waals surface area (Å²) in [5.41, 5.74) is 4.63. The van der Waals surface area contributed by atoms with Crippen molar-refractivity contribution >= 4 is 5.69 Å². The van der Waals surface area contributed by atoms with Crippen molar-refractivity contribution in [3.8, 4) is 0 Å². The summed E-state index contributed by atoms with van der Waals surface area (Å²) >= 11 is 0. The summed E-state index contributed by atoms with van der Waals surface area (Å²) in [4.78, 5) is 20.7. The van der Waals surface area contributed by atoms with E-state index in [1.807, 2.05) is 36.4 Å². The predicted molar refractivity (Wildman–Crippen MR) is 165 cm³/mol. The highest BCUT2D eigenvalue weighted by Gasteiger charge is 2.27. The van der Waals surface area contributed by atoms with Crippen LogP contribution in [0.1, 0.15) is 61.9 Å². The first kappa shape index (κ1) is 30.8. The second kappa shape index (κ2) is 14.7. The van der Waals surface area contributed by atoms with Gasteiger partial charge in [0.1, 0.15) is 11.6 Å². The van der Waals surface area contributed by atoms with Crippen molar-refractivity contribution in [3.63, 3.8) is 0 Å². The van der Waals surface area contributed by atoms with Crippen LogP contribution in [0.15, 0.2) is 71.5 Å². The molecule has 0 atom stereocenters. The zero-order valence-electron chi connectivity index (χ0n) is 24.9. The van der Waals surface area contributed by atoms with Gasteiger partial charge in [0.15, 0.2) is 0 Å². The standard InChI is InChI=1S/C34H44F2N4O/c1-5-38(6-2)18-17-37-32-23-28(25(3)4)7-8-29(34(32)41)24-39-19-21-40(22-20-39)33(26-9-13-30(35)14-10-26)27-11-15-31(36)16-12-27/h7-16,23,25,33H,5-6,17-22,24H2,1-4H3,(H,37,41). The molecule has 1 aliphatic heterocycles. The van der Waals surface area contributed by atoms with Gasteiger partial charge in [-0.05, 0) is 66.0 Å². The quantitative estimate of drug-likeness (QED) is 0.288. The molecule has 41 heavy (non-hydrogen) atoms. The molecule has 0 aliphatic carbocycles. The zero-order valence-corrected chi connectivity index (χ0v) is 24.9. The van der Waals surface area contributed by atoms with Gasteiger partial charge in [0.2, 0.25) is 5.43 Å². The van der Waals surface area contributed by atoms with E-state index in [4.69, 9.17) is 0 Å². The number of hydrogen-bond acceptors (Lipinski definition) is 5. The Bertz CT molecular complexity index is 1260. The summed E-state index contributed by atoms with van der Waals surface area (Å²) in [7, 11) is 0. The van der Waals surface area contributed by atoms with Crippen LogP contribution in [0.4, 0.5) is 14.5 Å². The molecule has 0 radical (unpaired) electrons. The van der Waals surface area contributed by atoms with E-state index in [0.29, 0.717) is 18.2 Å². The second-order valence-corrected chi connectivity index (χ2v) is 11.2. The minimum atomic E-state index is -0.275. The Morgan fingerprint density at radius 1 is 0.805 bits per heavy atom. The molecule has 220 valence electrons. The van der Waals surface area contributed by atoms with Crippen LogP contribution in [0.3, 0.4) is 0 Å². The lowest BCUT2D eigenvalue weighted by Crippen LogP contribution is -2.47. The average Bonchev–Trinajstić information content (AvgIpc) is 3.13. The number of nitrogens with one attached hydrogen (secondary N) is 1. The van der Waals surface area contributed by atoms with Crippen molar-refractivity contribution in [1.82, 2.24) is 14.7 Å². The Balaban J connectivity index is 1.49. The maximum Gasteiger partial charge on any atom is 0.206 e. The van der Waals surface area contributed by atoms with E-state index < -0.39 is 0 Å². The lowest BCUT2D eigenvalue weighted by atomic mass is 9.96. The van der Waals surface area contributed by atoms with Crippen LogP contribution < -0.4 is 10.7 Å². The van der Waals surface area contributed by atoms with E-state index in [-0.39, 0.29) is 23.1 Å². The van der Waals surface area contributed by atoms with Gasteiger partial charge in [0, 0.05) is 51.4 Å². The van der Waals surface area contributed by atoms with Crippen molar-refractivity contribution < 1.29 is 8.78 Å². The van der Waals surface area contributed by atoms with Crippen LogP contribution in [-0.2, 0) is 6.54 Å². The first-order valence-electron chi connectivity index (χ1n) is 14.9. The van der Waals surface area contributed by atoms with E-state index in [9.17, 15) is 13.6 Å². The first-order valence-corrected chi connectivity index (χ1v) is 14.9. The van der Waals surface area contributed by atoms with Gasteiger partial charge in [0.05, 0.1) is 11.7 Å². The number of hydrogen-bond donors (Lipinski definition) is 1. The second-order valence-electron chi connectivity index (χ2n) is 11.2. The third-order valence-corrected chi connectivity index (χ3v) is 8.17.